The minimum absolute atomic E-state index is 0.0864. The Morgan fingerprint density at radius 1 is 1.05 bits per heavy atom. The first-order valence-corrected chi connectivity index (χ1v) is 13.5. The summed E-state index contributed by atoms with van der Waals surface area (Å²) in [6, 6.07) is 12.4. The van der Waals surface area contributed by atoms with E-state index in [0.717, 1.165) is 0 Å². The van der Waals surface area contributed by atoms with E-state index in [1.54, 1.807) is 30.3 Å². The molecule has 0 radical (unpaired) electrons. The highest BCUT2D eigenvalue weighted by molar-refractivity contribution is 7.92. The van der Waals surface area contributed by atoms with Gasteiger partial charge in [0.05, 0.1) is 22.0 Å². The van der Waals surface area contributed by atoms with Gasteiger partial charge in [-0.15, -0.1) is 0 Å². The number of hydrogen-bond acceptors (Lipinski definition) is 9. The van der Waals surface area contributed by atoms with Crippen molar-refractivity contribution in [1.82, 2.24) is 20.4 Å². The summed E-state index contributed by atoms with van der Waals surface area (Å²) in [4.78, 5) is 8.99. The number of nitrogens with zero attached hydrogens (tertiary/aromatic N) is 3. The number of anilines is 1. The molecule has 3 N–H and O–H groups in total. The van der Waals surface area contributed by atoms with Crippen molar-refractivity contribution in [3.63, 3.8) is 0 Å². The molecule has 2 aromatic heterocycles. The third kappa shape index (κ3) is 5.28. The lowest BCUT2D eigenvalue weighted by Crippen LogP contribution is -2.28. The van der Waals surface area contributed by atoms with E-state index in [9.17, 15) is 17.2 Å². The van der Waals surface area contributed by atoms with Gasteiger partial charge in [0, 0.05) is 37.0 Å². The first-order valence-electron chi connectivity index (χ1n) is 11.9. The maximum absolute atomic E-state index is 14.7. The third-order valence-electron chi connectivity index (χ3n) is 6.36. The number of hydrogen-bond donors (Lipinski definition) is 2. The van der Waals surface area contributed by atoms with Crippen LogP contribution in [0.5, 0.6) is 0 Å². The zero-order valence-electron chi connectivity index (χ0n) is 20.2. The third-order valence-corrected chi connectivity index (χ3v) is 8.64. The maximum Gasteiger partial charge on any atom is 0.189 e. The second-order valence-electron chi connectivity index (χ2n) is 8.82. The molecular weight excluding hydrogens is 516 g/mol. The van der Waals surface area contributed by atoms with Crippen molar-refractivity contribution in [3.8, 4) is 34.0 Å². The van der Waals surface area contributed by atoms with Crippen molar-refractivity contribution in [2.45, 2.75) is 29.5 Å². The lowest BCUT2D eigenvalue weighted by atomic mass is 10.1. The fourth-order valence-corrected chi connectivity index (χ4v) is 6.01. The zero-order valence-corrected chi connectivity index (χ0v) is 21.0. The van der Waals surface area contributed by atoms with Crippen LogP contribution in [0.4, 0.5) is 14.6 Å². The van der Waals surface area contributed by atoms with Crippen LogP contribution in [-0.2, 0) is 21.1 Å². The topological polar surface area (TPSA) is 133 Å². The van der Waals surface area contributed by atoms with E-state index in [2.05, 4.69) is 20.4 Å². The number of alkyl halides is 1. The molecule has 3 heterocycles. The highest BCUT2D eigenvalue weighted by Gasteiger charge is 2.29. The van der Waals surface area contributed by atoms with Crippen LogP contribution >= 0.6 is 0 Å². The Morgan fingerprint density at radius 2 is 1.82 bits per heavy atom. The summed E-state index contributed by atoms with van der Waals surface area (Å²) >= 11 is 0. The number of sulfone groups is 1. The second-order valence-corrected chi connectivity index (χ2v) is 11.0. The fourth-order valence-electron chi connectivity index (χ4n) is 4.29. The molecule has 1 aliphatic heterocycles. The number of halogens is 2. The van der Waals surface area contributed by atoms with E-state index in [1.807, 2.05) is 0 Å². The molecule has 9 nitrogen and oxygen atoms in total. The molecule has 0 atom stereocenters. The van der Waals surface area contributed by atoms with Gasteiger partial charge < -0.3 is 15.0 Å². The molecule has 38 heavy (non-hydrogen) atoms. The van der Waals surface area contributed by atoms with Gasteiger partial charge in [0.25, 0.3) is 0 Å². The Labute approximate surface area is 218 Å². The fraction of sp³-hybridized carbons (Fsp3) is 0.269. The number of rotatable bonds is 8. The summed E-state index contributed by atoms with van der Waals surface area (Å²) in [5.41, 5.74) is 8.35. The summed E-state index contributed by atoms with van der Waals surface area (Å²) < 4.78 is 63.6. The summed E-state index contributed by atoms with van der Waals surface area (Å²) in [6.45, 7) is 0.353. The van der Waals surface area contributed by atoms with Gasteiger partial charge in [-0.3, -0.25) is 5.32 Å². The Balaban J connectivity index is 1.39. The van der Waals surface area contributed by atoms with Gasteiger partial charge in [-0.2, -0.15) is 0 Å². The molecule has 0 bridgehead atoms. The van der Waals surface area contributed by atoms with Crippen LogP contribution in [-0.4, -0.2) is 48.8 Å². The Hall–Kier alpha value is -3.74. The van der Waals surface area contributed by atoms with Crippen LogP contribution in [0, 0.1) is 5.82 Å². The number of benzene rings is 2. The molecular formula is C26H25F2N5O4S. The zero-order chi connectivity index (χ0) is 26.7. The molecule has 0 amide bonds. The van der Waals surface area contributed by atoms with Crippen molar-refractivity contribution < 1.29 is 26.5 Å². The summed E-state index contributed by atoms with van der Waals surface area (Å²) in [7, 11) is -3.46. The number of ether oxygens (including phenoxy) is 1. The molecule has 1 saturated heterocycles. The van der Waals surface area contributed by atoms with Crippen molar-refractivity contribution in [1.29, 1.82) is 0 Å². The minimum atomic E-state index is -3.46. The van der Waals surface area contributed by atoms with Gasteiger partial charge in [0.2, 0.25) is 0 Å². The molecule has 4 aromatic rings. The molecule has 198 valence electrons. The average molecular weight is 542 g/mol. The predicted octanol–water partition coefficient (Wildman–Crippen LogP) is 4.16. The average Bonchev–Trinajstić information content (AvgIpc) is 3.42. The summed E-state index contributed by atoms with van der Waals surface area (Å²) in [5, 5.41) is 5.99. The van der Waals surface area contributed by atoms with E-state index in [1.165, 1.54) is 24.4 Å². The van der Waals surface area contributed by atoms with Crippen molar-refractivity contribution in [2.24, 2.45) is 0 Å². The number of nitrogens with one attached hydrogen (secondary N) is 1. The lowest BCUT2D eigenvalue weighted by Gasteiger charge is -2.22. The molecule has 5 rings (SSSR count). The minimum Gasteiger partial charge on any atom is -0.382 e. The van der Waals surface area contributed by atoms with Crippen LogP contribution in [0.15, 0.2) is 64.1 Å². The van der Waals surface area contributed by atoms with E-state index >= 15 is 0 Å². The van der Waals surface area contributed by atoms with E-state index in [-0.39, 0.29) is 40.0 Å². The summed E-state index contributed by atoms with van der Waals surface area (Å²) in [5.74, 6) is -0.261. The smallest absolute Gasteiger partial charge is 0.189 e. The quantitative estimate of drug-likeness (QED) is 0.316. The first-order chi connectivity index (χ1) is 18.4. The van der Waals surface area contributed by atoms with Crippen molar-refractivity contribution in [2.75, 3.05) is 25.7 Å². The van der Waals surface area contributed by atoms with Gasteiger partial charge in [-0.05, 0) is 42.7 Å². The maximum atomic E-state index is 14.7. The molecule has 0 unspecified atom stereocenters. The molecule has 0 spiro atoms. The molecule has 12 heteroatoms. The second kappa shape index (κ2) is 10.9. The molecule has 0 saturated carbocycles. The predicted molar refractivity (Wildman–Crippen MR) is 137 cm³/mol. The first kappa shape index (κ1) is 25.9. The van der Waals surface area contributed by atoms with Crippen LogP contribution in [0.25, 0.3) is 34.0 Å². The van der Waals surface area contributed by atoms with Crippen molar-refractivity contribution in [3.05, 3.63) is 66.1 Å². The number of nitrogen functional groups attached to an aromatic ring is 1. The Morgan fingerprint density at radius 3 is 2.53 bits per heavy atom. The summed E-state index contributed by atoms with van der Waals surface area (Å²) in [6.07, 6.45) is 2.42. The number of aromatic nitrogens is 3. The molecule has 0 aliphatic carbocycles. The van der Waals surface area contributed by atoms with E-state index < -0.39 is 27.7 Å². The van der Waals surface area contributed by atoms with Crippen LogP contribution in [0.3, 0.4) is 0 Å². The Kier molecular flexibility index (Phi) is 7.45. The lowest BCUT2D eigenvalue weighted by molar-refractivity contribution is 0.0983. The van der Waals surface area contributed by atoms with Crippen molar-refractivity contribution >= 4 is 15.7 Å². The van der Waals surface area contributed by atoms with Crippen LogP contribution < -0.4 is 11.1 Å². The van der Waals surface area contributed by atoms with Gasteiger partial charge in [0.15, 0.2) is 27.1 Å². The highest BCUT2D eigenvalue weighted by atomic mass is 32.2. The molecule has 2 aromatic carbocycles. The standard InChI is InChI=1S/C26H25F2N5O4S/c27-15-30-13-16-1-6-20(21(28)11-16)22-12-24(37-33-22)25-26(29)31-14-23(32-25)17-2-4-18(5-3-17)38(34,35)19-7-9-36-10-8-19/h1-6,11-12,14,19,30H,7-10,13,15H2,(H2,29,31). The van der Waals surface area contributed by atoms with Crippen LogP contribution in [0.2, 0.25) is 0 Å². The number of nitrogens with two attached hydrogens (primary N) is 1. The van der Waals surface area contributed by atoms with Gasteiger partial charge in [-0.1, -0.05) is 23.4 Å². The molecule has 1 aliphatic rings. The Bertz CT molecular complexity index is 1540. The van der Waals surface area contributed by atoms with Crippen LogP contribution in [0.1, 0.15) is 18.4 Å². The van der Waals surface area contributed by atoms with Gasteiger partial charge in [-0.25, -0.2) is 27.2 Å². The normalized spacial score (nSPS) is 14.6. The largest absolute Gasteiger partial charge is 0.382 e. The van der Waals surface area contributed by atoms with E-state index in [0.29, 0.717) is 42.9 Å². The van der Waals surface area contributed by atoms with E-state index in [4.69, 9.17) is 15.0 Å². The monoisotopic (exact) mass is 541 g/mol. The van der Waals surface area contributed by atoms with Gasteiger partial charge >= 0.3 is 0 Å². The molecule has 1 fully saturated rings. The van der Waals surface area contributed by atoms with Gasteiger partial charge in [0.1, 0.15) is 18.3 Å². The highest BCUT2D eigenvalue weighted by Crippen LogP contribution is 2.31. The SMILES string of the molecule is Nc1ncc(-c2ccc(S(=O)(=O)C3CCOCC3)cc2)nc1-c1cc(-c2ccc(CNCF)cc2F)no1.